The van der Waals surface area contributed by atoms with Crippen molar-refractivity contribution in [3.8, 4) is 0 Å². The molecule has 0 heterocycles. The molecule has 0 saturated carbocycles. The van der Waals surface area contributed by atoms with Crippen LogP contribution in [0.2, 0.25) is 0 Å². The minimum atomic E-state index is -0.348. The van der Waals surface area contributed by atoms with Crippen LogP contribution in [0, 0.1) is 6.07 Å². The fourth-order valence-corrected chi connectivity index (χ4v) is 9.20. The van der Waals surface area contributed by atoms with Gasteiger partial charge < -0.3 is 18.4 Å². The van der Waals surface area contributed by atoms with Crippen molar-refractivity contribution in [2.45, 2.75) is 25.5 Å². The van der Waals surface area contributed by atoms with Crippen LogP contribution < -0.4 is 27.0 Å². The van der Waals surface area contributed by atoms with E-state index in [9.17, 15) is 0 Å². The van der Waals surface area contributed by atoms with Crippen LogP contribution in [0.15, 0.2) is 146 Å². The van der Waals surface area contributed by atoms with Gasteiger partial charge in [0.05, 0.1) is 0 Å². The third-order valence-electron chi connectivity index (χ3n) is 5.56. The quantitative estimate of drug-likeness (QED) is 0.0627. The van der Waals surface area contributed by atoms with E-state index in [1.165, 1.54) is 33.5 Å². The number of anilines is 1. The molecule has 0 saturated heterocycles. The maximum absolute atomic E-state index is 5.34. The first-order valence-corrected chi connectivity index (χ1v) is 16.9. The molecular weight excluding hydrogens is 647 g/mol. The molecule has 0 aliphatic rings. The third kappa shape index (κ3) is 14.0. The molecule has 0 spiro atoms. The summed E-state index contributed by atoms with van der Waals surface area (Å²) >= 11 is 4.83. The van der Waals surface area contributed by atoms with Crippen molar-refractivity contribution in [3.05, 3.63) is 152 Å². The van der Waals surface area contributed by atoms with E-state index < -0.39 is 0 Å². The van der Waals surface area contributed by atoms with Crippen LogP contribution >= 0.6 is 15.8 Å². The molecule has 5 heteroatoms. The van der Waals surface area contributed by atoms with Crippen molar-refractivity contribution in [2.75, 3.05) is 18.1 Å². The Morgan fingerprint density at radius 3 is 0.976 bits per heavy atom. The van der Waals surface area contributed by atoms with Crippen molar-refractivity contribution in [1.29, 1.82) is 0 Å². The van der Waals surface area contributed by atoms with E-state index >= 15 is 0 Å². The van der Waals surface area contributed by atoms with Crippen LogP contribution in [-0.2, 0) is 33.1 Å². The molecule has 214 valence electrons. The molecule has 2 N–H and O–H groups in total. The van der Waals surface area contributed by atoms with Gasteiger partial charge in [0.1, 0.15) is 0 Å². The van der Waals surface area contributed by atoms with Gasteiger partial charge in [-0.3, -0.25) is 0 Å². The Morgan fingerprint density at radius 2 is 0.780 bits per heavy atom. The van der Waals surface area contributed by atoms with E-state index in [0.29, 0.717) is 0 Å². The number of hydrogen-bond donors (Lipinski definition) is 1. The van der Waals surface area contributed by atoms with Crippen molar-refractivity contribution in [3.63, 3.8) is 0 Å². The first kappa shape index (κ1) is 35.0. The molecule has 5 aromatic carbocycles. The Labute approximate surface area is 269 Å². The fraction of sp³-hybridized carbons (Fsp3) is 0.167. The minimum Gasteiger partial charge on any atom is -0.787 e. The Bertz CT molecular complexity index is 1170. The van der Waals surface area contributed by atoms with Gasteiger partial charge in [0.15, 0.2) is 0 Å². The van der Waals surface area contributed by atoms with E-state index in [1.807, 2.05) is 20.8 Å². The van der Waals surface area contributed by atoms with Crippen molar-refractivity contribution < 1.29 is 20.4 Å². The molecule has 1 nitrogen and oxygen atoms in total. The summed E-state index contributed by atoms with van der Waals surface area (Å²) in [5.41, 5.74) is 6.13. The smallest absolute Gasteiger partial charge is 0.787 e. The van der Waals surface area contributed by atoms with Gasteiger partial charge in [0.25, 0.3) is 0 Å². The minimum absolute atomic E-state index is 0. The molecule has 41 heavy (non-hydrogen) atoms. The van der Waals surface area contributed by atoms with E-state index in [2.05, 4.69) is 127 Å². The Balaban J connectivity index is 0.000000378. The standard InChI is InChI=1S/C26H24P2.C6H6N.C4H10S.Pd/c1-5-13-23(14-6-1)27(24-15-7-2-8-16-24)21-22-28(25-17-9-3-10-18-25)26-19-11-4-12-20-26;7-6-4-2-1-3-5-6;1-4(2,3)5;/h1-20H,21-22H2;2-5H,7H2;5H,1-3H3;/q;-1;;+2/p-1. The van der Waals surface area contributed by atoms with Crippen LogP contribution in [0.5, 0.6) is 0 Å². The predicted molar refractivity (Wildman–Crippen MR) is 185 cm³/mol. The van der Waals surface area contributed by atoms with Crippen LogP contribution in [0.25, 0.3) is 0 Å². The van der Waals surface area contributed by atoms with Gasteiger partial charge in [-0.05, 0) is 49.4 Å². The summed E-state index contributed by atoms with van der Waals surface area (Å²) in [4.78, 5) is 0. The third-order valence-corrected chi connectivity index (χ3v) is 10.9. The van der Waals surface area contributed by atoms with Gasteiger partial charge in [0.2, 0.25) is 0 Å². The zero-order valence-electron chi connectivity index (χ0n) is 24.0. The molecule has 0 amide bonds. The van der Waals surface area contributed by atoms with E-state index in [0.717, 1.165) is 5.69 Å². The molecule has 5 rings (SSSR count). The van der Waals surface area contributed by atoms with Gasteiger partial charge >= 0.3 is 20.4 Å². The second-order valence-electron chi connectivity index (χ2n) is 10.1. The molecule has 5 aromatic rings. The molecule has 0 aliphatic heterocycles. The number of rotatable bonds is 7. The Kier molecular flexibility index (Phi) is 16.3. The SMILES string of the molecule is CC(C)(C)[S-].Nc1cc[c-]cc1.[Pd+2].c1ccc(P(CCP(c2ccccc2)c2ccccc2)c2ccccc2)cc1. The maximum Gasteiger partial charge on any atom is 2.00 e. The molecule has 0 unspecified atom stereocenters. The maximum atomic E-state index is 5.34. The zero-order valence-corrected chi connectivity index (χ0v) is 28.1. The molecule has 0 bridgehead atoms. The largest absolute Gasteiger partial charge is 2.00 e. The van der Waals surface area contributed by atoms with Gasteiger partial charge in [-0.1, -0.05) is 148 Å². The fourth-order valence-electron chi connectivity index (χ4n) is 3.85. The summed E-state index contributed by atoms with van der Waals surface area (Å²) in [7, 11) is -0.696. The van der Waals surface area contributed by atoms with Gasteiger partial charge in [0, 0.05) is 0 Å². The van der Waals surface area contributed by atoms with Gasteiger partial charge in [-0.15, -0.1) is 12.1 Å². The summed E-state index contributed by atoms with van der Waals surface area (Å²) in [6.07, 6.45) is 2.41. The summed E-state index contributed by atoms with van der Waals surface area (Å²) in [6, 6.07) is 54.2. The van der Waals surface area contributed by atoms with Crippen molar-refractivity contribution >= 4 is 55.4 Å². The average Bonchev–Trinajstić information content (AvgIpc) is 2.97. The topological polar surface area (TPSA) is 26.0 Å². The average molecular weight is 686 g/mol. The molecule has 0 aromatic heterocycles. The van der Waals surface area contributed by atoms with Crippen LogP contribution in [-0.4, -0.2) is 17.1 Å². The number of nitrogens with two attached hydrogens (primary N) is 1. The molecular formula is C36H39NP2PdS. The van der Waals surface area contributed by atoms with Gasteiger partial charge in [-0.25, -0.2) is 0 Å². The van der Waals surface area contributed by atoms with Crippen molar-refractivity contribution in [2.24, 2.45) is 0 Å². The van der Waals surface area contributed by atoms with Crippen LogP contribution in [0.4, 0.5) is 5.69 Å². The normalized spacial score (nSPS) is 10.5. The molecule has 0 fully saturated rings. The second-order valence-corrected chi connectivity index (χ2v) is 16.0. The summed E-state index contributed by atoms with van der Waals surface area (Å²) < 4.78 is 0.0833. The van der Waals surface area contributed by atoms with Gasteiger partial charge in [-0.2, -0.15) is 22.9 Å². The molecule has 0 aliphatic carbocycles. The first-order chi connectivity index (χ1) is 19.3. The summed E-state index contributed by atoms with van der Waals surface area (Å²) in [5.74, 6) is 0. The number of benzene rings is 5. The predicted octanol–water partition coefficient (Wildman–Crippen LogP) is 7.65. The van der Waals surface area contributed by atoms with Crippen molar-refractivity contribution in [1.82, 2.24) is 0 Å². The number of hydrogen-bond acceptors (Lipinski definition) is 2. The molecule has 0 atom stereocenters. The van der Waals surface area contributed by atoms with E-state index in [-0.39, 0.29) is 41.0 Å². The van der Waals surface area contributed by atoms with E-state index in [1.54, 1.807) is 24.3 Å². The molecule has 0 radical (unpaired) electrons. The number of nitrogen functional groups attached to an aromatic ring is 1. The Hall–Kier alpha value is -2.23. The van der Waals surface area contributed by atoms with Crippen LogP contribution in [0.3, 0.4) is 0 Å². The Morgan fingerprint density at radius 1 is 0.537 bits per heavy atom. The van der Waals surface area contributed by atoms with Crippen LogP contribution in [0.1, 0.15) is 20.8 Å². The zero-order chi connectivity index (χ0) is 28.6. The summed E-state index contributed by atoms with van der Waals surface area (Å²) in [6.45, 7) is 6.01. The monoisotopic (exact) mass is 685 g/mol. The summed E-state index contributed by atoms with van der Waals surface area (Å²) in [5, 5.41) is 5.89. The first-order valence-electron chi connectivity index (χ1n) is 13.5. The second kappa shape index (κ2) is 19.1. The van der Waals surface area contributed by atoms with E-state index in [4.69, 9.17) is 18.4 Å².